The number of nitrogens with zero attached hydrogens (tertiary/aromatic N) is 1. The summed E-state index contributed by atoms with van der Waals surface area (Å²) in [6, 6.07) is 4.37. The number of amides is 2. The van der Waals surface area contributed by atoms with Gasteiger partial charge in [-0.05, 0) is 12.1 Å². The number of halogens is 1. The van der Waals surface area contributed by atoms with Crippen molar-refractivity contribution >= 4 is 33.6 Å². The average Bonchev–Trinajstić information content (AvgIpc) is 2.43. The van der Waals surface area contributed by atoms with Crippen molar-refractivity contribution in [2.45, 2.75) is 0 Å². The van der Waals surface area contributed by atoms with Crippen LogP contribution < -0.4 is 15.0 Å². The van der Waals surface area contributed by atoms with Crippen molar-refractivity contribution in [1.29, 1.82) is 0 Å². The SMILES string of the molecule is C=C(Br)CNC(=O)N1CCOc2c(C(=O)O)cccc21. The summed E-state index contributed by atoms with van der Waals surface area (Å²) >= 11 is 3.16. The van der Waals surface area contributed by atoms with Gasteiger partial charge in [-0.2, -0.15) is 0 Å². The number of benzene rings is 1. The molecule has 20 heavy (non-hydrogen) atoms. The van der Waals surface area contributed by atoms with Gasteiger partial charge in [0, 0.05) is 4.48 Å². The number of para-hydroxylation sites is 1. The molecule has 0 fully saturated rings. The first-order valence-electron chi connectivity index (χ1n) is 5.88. The summed E-state index contributed by atoms with van der Waals surface area (Å²) in [7, 11) is 0. The van der Waals surface area contributed by atoms with E-state index in [9.17, 15) is 9.59 Å². The van der Waals surface area contributed by atoms with Gasteiger partial charge in [-0.1, -0.05) is 28.6 Å². The molecule has 0 aliphatic carbocycles. The number of fused-ring (bicyclic) bond motifs is 1. The maximum Gasteiger partial charge on any atom is 0.339 e. The van der Waals surface area contributed by atoms with E-state index in [4.69, 9.17) is 9.84 Å². The summed E-state index contributed by atoms with van der Waals surface area (Å²) in [5.41, 5.74) is 0.499. The molecular formula is C13H13BrN2O4. The smallest absolute Gasteiger partial charge is 0.339 e. The van der Waals surface area contributed by atoms with Crippen molar-refractivity contribution in [1.82, 2.24) is 5.32 Å². The molecule has 0 saturated heterocycles. The van der Waals surface area contributed by atoms with E-state index in [1.807, 2.05) is 0 Å². The lowest BCUT2D eigenvalue weighted by atomic mass is 10.1. The molecule has 2 amide bonds. The van der Waals surface area contributed by atoms with Crippen LogP contribution in [0.2, 0.25) is 0 Å². The molecule has 0 spiro atoms. The van der Waals surface area contributed by atoms with Crippen molar-refractivity contribution in [3.8, 4) is 5.75 Å². The molecule has 1 aliphatic rings. The second kappa shape index (κ2) is 5.96. The Morgan fingerprint density at radius 3 is 2.90 bits per heavy atom. The highest BCUT2D eigenvalue weighted by atomic mass is 79.9. The number of anilines is 1. The molecule has 1 heterocycles. The molecule has 0 aromatic heterocycles. The molecule has 1 aromatic carbocycles. The van der Waals surface area contributed by atoms with Crippen molar-refractivity contribution in [3.63, 3.8) is 0 Å². The number of urea groups is 1. The monoisotopic (exact) mass is 340 g/mol. The van der Waals surface area contributed by atoms with Crippen LogP contribution in [0.4, 0.5) is 10.5 Å². The largest absolute Gasteiger partial charge is 0.489 e. The summed E-state index contributed by atoms with van der Waals surface area (Å²) in [6.45, 7) is 4.54. The third-order valence-corrected chi connectivity index (χ3v) is 3.03. The molecule has 6 nitrogen and oxygen atoms in total. The first-order chi connectivity index (χ1) is 9.50. The fourth-order valence-electron chi connectivity index (χ4n) is 1.89. The molecule has 0 radical (unpaired) electrons. The fourth-order valence-corrected chi connectivity index (χ4v) is 2.04. The molecule has 2 rings (SSSR count). The van der Waals surface area contributed by atoms with Gasteiger partial charge in [-0.3, -0.25) is 4.90 Å². The second-order valence-electron chi connectivity index (χ2n) is 4.14. The Hall–Kier alpha value is -2.02. The van der Waals surface area contributed by atoms with E-state index in [0.717, 1.165) is 0 Å². The first kappa shape index (κ1) is 14.4. The Morgan fingerprint density at radius 2 is 2.25 bits per heavy atom. The molecule has 1 aliphatic heterocycles. The van der Waals surface area contributed by atoms with Crippen molar-refractivity contribution < 1.29 is 19.4 Å². The minimum Gasteiger partial charge on any atom is -0.489 e. The predicted molar refractivity (Wildman–Crippen MR) is 77.7 cm³/mol. The Kier molecular flexibility index (Phi) is 4.29. The summed E-state index contributed by atoms with van der Waals surface area (Å²) in [6.07, 6.45) is 0. The number of carbonyl (C=O) groups is 2. The van der Waals surface area contributed by atoms with E-state index in [-0.39, 0.29) is 24.0 Å². The van der Waals surface area contributed by atoms with E-state index in [1.54, 1.807) is 12.1 Å². The maximum atomic E-state index is 12.1. The van der Waals surface area contributed by atoms with Gasteiger partial charge in [0.05, 0.1) is 18.8 Å². The average molecular weight is 341 g/mol. The number of ether oxygens (including phenoxy) is 1. The number of nitrogens with one attached hydrogen (secondary N) is 1. The Bertz CT molecular complexity index is 573. The van der Waals surface area contributed by atoms with Crippen LogP contribution in [-0.4, -0.2) is 36.8 Å². The van der Waals surface area contributed by atoms with E-state index < -0.39 is 5.97 Å². The zero-order valence-electron chi connectivity index (χ0n) is 10.6. The number of rotatable bonds is 3. The zero-order chi connectivity index (χ0) is 14.7. The number of aromatic carboxylic acids is 1. The minimum atomic E-state index is -1.09. The standard InChI is InChI=1S/C13H13BrN2O4/c1-8(14)7-15-13(19)16-5-6-20-11-9(12(17)18)3-2-4-10(11)16/h2-4H,1,5-7H2,(H,15,19)(H,17,18). The normalized spacial score (nSPS) is 13.2. The summed E-state index contributed by atoms with van der Waals surface area (Å²) in [5, 5.41) is 11.8. The summed E-state index contributed by atoms with van der Waals surface area (Å²) in [4.78, 5) is 24.7. The highest BCUT2D eigenvalue weighted by Crippen LogP contribution is 2.34. The molecule has 7 heteroatoms. The highest BCUT2D eigenvalue weighted by Gasteiger charge is 2.27. The number of carboxylic acids is 1. The molecule has 0 saturated carbocycles. The van der Waals surface area contributed by atoms with Crippen LogP contribution in [0.5, 0.6) is 5.75 Å². The number of hydrogen-bond acceptors (Lipinski definition) is 3. The Labute approximate surface area is 124 Å². The van der Waals surface area contributed by atoms with Crippen LogP contribution >= 0.6 is 15.9 Å². The number of carbonyl (C=O) groups excluding carboxylic acids is 1. The van der Waals surface area contributed by atoms with Gasteiger partial charge in [-0.15, -0.1) is 0 Å². The number of hydrogen-bond donors (Lipinski definition) is 2. The van der Waals surface area contributed by atoms with Crippen molar-refractivity contribution in [3.05, 3.63) is 34.8 Å². The van der Waals surface area contributed by atoms with Crippen LogP contribution in [0.25, 0.3) is 0 Å². The van der Waals surface area contributed by atoms with Gasteiger partial charge in [0.1, 0.15) is 12.2 Å². The molecule has 106 valence electrons. The van der Waals surface area contributed by atoms with Crippen LogP contribution in [0.1, 0.15) is 10.4 Å². The van der Waals surface area contributed by atoms with Crippen LogP contribution in [-0.2, 0) is 0 Å². The molecule has 0 bridgehead atoms. The van der Waals surface area contributed by atoms with Gasteiger partial charge in [0.15, 0.2) is 5.75 Å². The highest BCUT2D eigenvalue weighted by molar-refractivity contribution is 9.11. The Morgan fingerprint density at radius 1 is 1.50 bits per heavy atom. The zero-order valence-corrected chi connectivity index (χ0v) is 12.1. The van der Waals surface area contributed by atoms with Crippen LogP contribution in [0, 0.1) is 0 Å². The van der Waals surface area contributed by atoms with E-state index in [1.165, 1.54) is 11.0 Å². The van der Waals surface area contributed by atoms with Gasteiger partial charge in [0.2, 0.25) is 0 Å². The summed E-state index contributed by atoms with van der Waals surface area (Å²) in [5.74, 6) is -0.864. The van der Waals surface area contributed by atoms with Crippen LogP contribution in [0.3, 0.4) is 0 Å². The lowest BCUT2D eigenvalue weighted by Crippen LogP contribution is -2.44. The first-order valence-corrected chi connectivity index (χ1v) is 6.67. The lowest BCUT2D eigenvalue weighted by Gasteiger charge is -2.30. The lowest BCUT2D eigenvalue weighted by molar-refractivity contribution is 0.0692. The van der Waals surface area contributed by atoms with Gasteiger partial charge in [-0.25, -0.2) is 9.59 Å². The van der Waals surface area contributed by atoms with E-state index in [2.05, 4.69) is 27.8 Å². The van der Waals surface area contributed by atoms with Gasteiger partial charge < -0.3 is 15.2 Å². The Balaban J connectivity index is 2.29. The topological polar surface area (TPSA) is 78.9 Å². The molecule has 0 unspecified atom stereocenters. The van der Waals surface area contributed by atoms with Crippen LogP contribution in [0.15, 0.2) is 29.3 Å². The molecule has 1 aromatic rings. The third-order valence-electron chi connectivity index (χ3n) is 2.75. The van der Waals surface area contributed by atoms with Gasteiger partial charge in [0.25, 0.3) is 0 Å². The molecular weight excluding hydrogens is 328 g/mol. The molecule has 2 N–H and O–H groups in total. The fraction of sp³-hybridized carbons (Fsp3) is 0.231. The maximum absolute atomic E-state index is 12.1. The minimum absolute atomic E-state index is 0.0462. The number of carboxylic acid groups (broad SMARTS) is 1. The summed E-state index contributed by atoms with van der Waals surface area (Å²) < 4.78 is 6.04. The predicted octanol–water partition coefficient (Wildman–Crippen LogP) is 2.20. The quantitative estimate of drug-likeness (QED) is 0.884. The van der Waals surface area contributed by atoms with Crippen molar-refractivity contribution in [2.24, 2.45) is 0 Å². The van der Waals surface area contributed by atoms with Gasteiger partial charge >= 0.3 is 12.0 Å². The van der Waals surface area contributed by atoms with E-state index in [0.29, 0.717) is 23.3 Å². The third kappa shape index (κ3) is 2.93. The molecule has 0 atom stereocenters. The van der Waals surface area contributed by atoms with Crippen molar-refractivity contribution in [2.75, 3.05) is 24.6 Å². The van der Waals surface area contributed by atoms with E-state index >= 15 is 0 Å². The second-order valence-corrected chi connectivity index (χ2v) is 5.26.